The number of primary amides is 1. The zero-order valence-corrected chi connectivity index (χ0v) is 9.03. The van der Waals surface area contributed by atoms with Crippen molar-refractivity contribution in [3.8, 4) is 5.75 Å². The van der Waals surface area contributed by atoms with Gasteiger partial charge < -0.3 is 16.2 Å². The lowest BCUT2D eigenvalue weighted by Crippen LogP contribution is -2.15. The number of carbonyl (C=O) groups is 2. The van der Waals surface area contributed by atoms with Crippen LogP contribution in [-0.2, 0) is 4.79 Å². The van der Waals surface area contributed by atoms with Crippen LogP contribution in [0.3, 0.4) is 0 Å². The van der Waals surface area contributed by atoms with Crippen LogP contribution in [0.15, 0.2) is 18.2 Å². The van der Waals surface area contributed by atoms with Crippen molar-refractivity contribution in [1.82, 2.24) is 0 Å². The molecular weight excluding hydrogens is 208 g/mol. The molecule has 0 saturated heterocycles. The Kier molecular flexibility index (Phi) is 3.88. The molecule has 0 aliphatic carbocycles. The molecule has 4 N–H and O–H groups in total. The lowest BCUT2D eigenvalue weighted by Gasteiger charge is -2.08. The van der Waals surface area contributed by atoms with Gasteiger partial charge in [0.1, 0.15) is 5.75 Å². The molecule has 0 atom stereocenters. The van der Waals surface area contributed by atoms with Crippen LogP contribution in [0.1, 0.15) is 30.1 Å². The molecule has 0 unspecified atom stereocenters. The Morgan fingerprint density at radius 3 is 2.62 bits per heavy atom. The number of nitrogens with two attached hydrogens (primary N) is 2. The van der Waals surface area contributed by atoms with Gasteiger partial charge in [-0.05, 0) is 18.6 Å². The second-order valence-electron chi connectivity index (χ2n) is 3.34. The van der Waals surface area contributed by atoms with Crippen molar-refractivity contribution >= 4 is 17.6 Å². The molecule has 1 aromatic rings. The van der Waals surface area contributed by atoms with E-state index >= 15 is 0 Å². The number of esters is 1. The van der Waals surface area contributed by atoms with E-state index in [1.165, 1.54) is 18.2 Å². The number of hydrogen-bond donors (Lipinski definition) is 2. The zero-order chi connectivity index (χ0) is 12.1. The smallest absolute Gasteiger partial charge is 0.311 e. The molecule has 1 aromatic carbocycles. The largest absolute Gasteiger partial charge is 0.426 e. The number of nitrogen functional groups attached to an aromatic ring is 1. The second-order valence-corrected chi connectivity index (χ2v) is 3.34. The lowest BCUT2D eigenvalue weighted by atomic mass is 10.1. The summed E-state index contributed by atoms with van der Waals surface area (Å²) in [5, 5.41) is 0. The Balaban J connectivity index is 2.96. The molecule has 0 fully saturated rings. The molecule has 5 heteroatoms. The predicted molar refractivity (Wildman–Crippen MR) is 59.9 cm³/mol. The quantitative estimate of drug-likeness (QED) is 0.452. The minimum Gasteiger partial charge on any atom is -0.426 e. The highest BCUT2D eigenvalue weighted by Crippen LogP contribution is 2.22. The molecule has 1 amide bonds. The number of rotatable bonds is 4. The molecule has 0 bridgehead atoms. The van der Waals surface area contributed by atoms with Gasteiger partial charge in [0.25, 0.3) is 5.91 Å². The van der Waals surface area contributed by atoms with Gasteiger partial charge in [-0.25, -0.2) is 0 Å². The van der Waals surface area contributed by atoms with Crippen molar-refractivity contribution in [2.45, 2.75) is 19.8 Å². The zero-order valence-electron chi connectivity index (χ0n) is 9.03. The van der Waals surface area contributed by atoms with Crippen molar-refractivity contribution < 1.29 is 14.3 Å². The molecule has 0 heterocycles. The van der Waals surface area contributed by atoms with E-state index in [0.29, 0.717) is 12.1 Å². The molecule has 0 spiro atoms. The summed E-state index contributed by atoms with van der Waals surface area (Å²) < 4.78 is 5.01. The van der Waals surface area contributed by atoms with Gasteiger partial charge in [0.15, 0.2) is 0 Å². The van der Waals surface area contributed by atoms with E-state index in [-0.39, 0.29) is 17.7 Å². The van der Waals surface area contributed by atoms with E-state index in [1.807, 2.05) is 6.92 Å². The summed E-state index contributed by atoms with van der Waals surface area (Å²) in [6.07, 6.45) is 0.958. The van der Waals surface area contributed by atoms with E-state index in [9.17, 15) is 9.59 Å². The number of ether oxygens (including phenoxy) is 1. The maximum Gasteiger partial charge on any atom is 0.311 e. The predicted octanol–water partition coefficient (Wildman–Crippen LogP) is 1.07. The first kappa shape index (κ1) is 12.0. The number of hydrogen-bond acceptors (Lipinski definition) is 4. The van der Waals surface area contributed by atoms with Gasteiger partial charge in [0, 0.05) is 18.2 Å². The molecule has 0 aliphatic heterocycles. The van der Waals surface area contributed by atoms with Gasteiger partial charge in [0.2, 0.25) is 0 Å². The highest BCUT2D eigenvalue weighted by atomic mass is 16.5. The molecule has 86 valence electrons. The molecule has 5 nitrogen and oxygen atoms in total. The van der Waals surface area contributed by atoms with Crippen LogP contribution >= 0.6 is 0 Å². The van der Waals surface area contributed by atoms with Crippen molar-refractivity contribution in [1.29, 1.82) is 0 Å². The summed E-state index contributed by atoms with van der Waals surface area (Å²) in [5.41, 5.74) is 11.2. The van der Waals surface area contributed by atoms with Crippen LogP contribution in [0.4, 0.5) is 5.69 Å². The summed E-state index contributed by atoms with van der Waals surface area (Å²) in [4.78, 5) is 22.3. The third-order valence-electron chi connectivity index (χ3n) is 1.95. The highest BCUT2D eigenvalue weighted by Gasteiger charge is 2.12. The lowest BCUT2D eigenvalue weighted by molar-refractivity contribution is -0.134. The first-order valence-electron chi connectivity index (χ1n) is 4.94. The summed E-state index contributed by atoms with van der Waals surface area (Å²) in [6.45, 7) is 1.86. The number of carbonyl (C=O) groups excluding carboxylic acids is 2. The van der Waals surface area contributed by atoms with Gasteiger partial charge in [-0.3, -0.25) is 9.59 Å². The van der Waals surface area contributed by atoms with Gasteiger partial charge >= 0.3 is 5.97 Å². The minimum absolute atomic E-state index is 0.117. The minimum atomic E-state index is -0.653. The molecule has 16 heavy (non-hydrogen) atoms. The average Bonchev–Trinajstić information content (AvgIpc) is 2.17. The van der Waals surface area contributed by atoms with Gasteiger partial charge in [-0.15, -0.1) is 0 Å². The van der Waals surface area contributed by atoms with Crippen molar-refractivity contribution in [3.05, 3.63) is 23.8 Å². The van der Waals surface area contributed by atoms with E-state index in [2.05, 4.69) is 0 Å². The Labute approximate surface area is 93.4 Å². The Morgan fingerprint density at radius 1 is 1.38 bits per heavy atom. The number of anilines is 1. The van der Waals surface area contributed by atoms with E-state index < -0.39 is 11.9 Å². The molecule has 0 radical (unpaired) electrons. The Hall–Kier alpha value is -2.04. The molecule has 0 saturated carbocycles. The average molecular weight is 222 g/mol. The number of amides is 1. The van der Waals surface area contributed by atoms with Crippen LogP contribution < -0.4 is 16.2 Å². The molecule has 1 rings (SSSR count). The van der Waals surface area contributed by atoms with E-state index in [4.69, 9.17) is 16.2 Å². The van der Waals surface area contributed by atoms with Crippen LogP contribution in [0.25, 0.3) is 0 Å². The van der Waals surface area contributed by atoms with Gasteiger partial charge in [0.05, 0.1) is 5.56 Å². The van der Waals surface area contributed by atoms with E-state index in [1.54, 1.807) is 0 Å². The molecule has 0 aromatic heterocycles. The summed E-state index contributed by atoms with van der Waals surface area (Å²) in [5.74, 6) is -0.944. The van der Waals surface area contributed by atoms with Crippen LogP contribution in [0.2, 0.25) is 0 Å². The maximum atomic E-state index is 11.3. The normalized spacial score (nSPS) is 9.81. The van der Waals surface area contributed by atoms with Crippen molar-refractivity contribution in [2.75, 3.05) is 5.73 Å². The standard InChI is InChI=1S/C11H14N2O3/c1-2-3-10(14)16-9-6-7(12)4-5-8(9)11(13)15/h4-6H,2-3,12H2,1H3,(H2,13,15). The van der Waals surface area contributed by atoms with Gasteiger partial charge in [-0.1, -0.05) is 6.92 Å². The van der Waals surface area contributed by atoms with Gasteiger partial charge in [-0.2, -0.15) is 0 Å². The summed E-state index contributed by atoms with van der Waals surface area (Å²) in [6, 6.07) is 4.37. The van der Waals surface area contributed by atoms with Crippen LogP contribution in [0, 0.1) is 0 Å². The first-order chi connectivity index (χ1) is 7.54. The summed E-state index contributed by atoms with van der Waals surface area (Å²) in [7, 11) is 0. The van der Waals surface area contributed by atoms with Crippen molar-refractivity contribution in [2.24, 2.45) is 5.73 Å². The third-order valence-corrected chi connectivity index (χ3v) is 1.95. The number of benzene rings is 1. The molecule has 0 aliphatic rings. The van der Waals surface area contributed by atoms with Crippen LogP contribution in [-0.4, -0.2) is 11.9 Å². The van der Waals surface area contributed by atoms with E-state index in [0.717, 1.165) is 0 Å². The third kappa shape index (κ3) is 2.98. The second kappa shape index (κ2) is 5.16. The maximum absolute atomic E-state index is 11.3. The van der Waals surface area contributed by atoms with Crippen molar-refractivity contribution in [3.63, 3.8) is 0 Å². The fraction of sp³-hybridized carbons (Fsp3) is 0.273. The monoisotopic (exact) mass is 222 g/mol. The topological polar surface area (TPSA) is 95.4 Å². The highest BCUT2D eigenvalue weighted by molar-refractivity contribution is 5.96. The Bertz CT molecular complexity index is 416. The van der Waals surface area contributed by atoms with Crippen LogP contribution in [0.5, 0.6) is 5.75 Å². The summed E-state index contributed by atoms with van der Waals surface area (Å²) >= 11 is 0. The SMILES string of the molecule is CCCC(=O)Oc1cc(N)ccc1C(N)=O. The fourth-order valence-electron chi connectivity index (χ4n) is 1.20. The molecular formula is C11H14N2O3. The Morgan fingerprint density at radius 2 is 2.06 bits per heavy atom. The fourth-order valence-corrected chi connectivity index (χ4v) is 1.20. The first-order valence-corrected chi connectivity index (χ1v) is 4.94.